The molecular formula is C15H20N4O3. The summed E-state index contributed by atoms with van der Waals surface area (Å²) in [7, 11) is 0. The van der Waals surface area contributed by atoms with Crippen molar-refractivity contribution in [1.82, 2.24) is 14.9 Å². The number of benzene rings is 1. The highest BCUT2D eigenvalue weighted by molar-refractivity contribution is 5.93. The Balaban J connectivity index is 1.57. The Kier molecular flexibility index (Phi) is 4.26. The predicted octanol–water partition coefficient (Wildman–Crippen LogP) is 0.641. The number of nitrogens with zero attached hydrogens (tertiary/aromatic N) is 1. The molecule has 1 amide bonds. The van der Waals surface area contributed by atoms with Crippen molar-refractivity contribution >= 4 is 22.6 Å². The van der Waals surface area contributed by atoms with Crippen LogP contribution in [0.5, 0.6) is 0 Å². The van der Waals surface area contributed by atoms with E-state index in [9.17, 15) is 14.7 Å². The fourth-order valence-corrected chi connectivity index (χ4v) is 2.98. The first-order valence-electron chi connectivity index (χ1n) is 7.52. The summed E-state index contributed by atoms with van der Waals surface area (Å²) in [5.74, 6) is -0.0687. The predicted molar refractivity (Wildman–Crippen MR) is 83.8 cm³/mol. The van der Waals surface area contributed by atoms with Gasteiger partial charge in [0.1, 0.15) is 0 Å². The molecule has 3 rings (SSSR count). The molecule has 1 aliphatic rings. The lowest BCUT2D eigenvalue weighted by atomic mass is 10.2. The van der Waals surface area contributed by atoms with Crippen molar-refractivity contribution in [3.63, 3.8) is 0 Å². The number of imidazole rings is 1. The summed E-state index contributed by atoms with van der Waals surface area (Å²) in [5, 5.41) is 12.1. The van der Waals surface area contributed by atoms with E-state index in [4.69, 9.17) is 0 Å². The number of aliphatic hydroxyl groups excluding tert-OH is 1. The SMILES string of the molecule is O=C(CCN1CCC[C@@H]1CO)Nc1ccc2[nH]c(=O)[nH]c2c1. The van der Waals surface area contributed by atoms with E-state index in [0.717, 1.165) is 19.4 Å². The molecule has 0 radical (unpaired) electrons. The van der Waals surface area contributed by atoms with Gasteiger partial charge < -0.3 is 20.4 Å². The van der Waals surface area contributed by atoms with Gasteiger partial charge in [-0.15, -0.1) is 0 Å². The molecule has 1 aliphatic heterocycles. The molecule has 0 bridgehead atoms. The molecule has 0 unspecified atom stereocenters. The number of aromatic amines is 2. The number of H-pyrrole nitrogens is 2. The van der Waals surface area contributed by atoms with Crippen LogP contribution in [0.25, 0.3) is 11.0 Å². The summed E-state index contributed by atoms with van der Waals surface area (Å²) in [6.45, 7) is 1.74. The van der Waals surface area contributed by atoms with E-state index in [0.29, 0.717) is 29.7 Å². The smallest absolute Gasteiger partial charge is 0.323 e. The number of fused-ring (bicyclic) bond motifs is 1. The van der Waals surface area contributed by atoms with Crippen LogP contribution in [0.3, 0.4) is 0 Å². The second-order valence-corrected chi connectivity index (χ2v) is 5.65. The lowest BCUT2D eigenvalue weighted by Crippen LogP contribution is -2.34. The first kappa shape index (κ1) is 14.8. The molecule has 1 aromatic carbocycles. The van der Waals surface area contributed by atoms with E-state index < -0.39 is 0 Å². The van der Waals surface area contributed by atoms with Gasteiger partial charge in [-0.1, -0.05) is 0 Å². The molecule has 0 aliphatic carbocycles. The molecule has 0 spiro atoms. The Morgan fingerprint density at radius 1 is 1.36 bits per heavy atom. The quantitative estimate of drug-likeness (QED) is 0.651. The molecule has 0 saturated carbocycles. The number of amides is 1. The molecule has 1 fully saturated rings. The van der Waals surface area contributed by atoms with Crippen molar-refractivity contribution in [2.45, 2.75) is 25.3 Å². The van der Waals surface area contributed by atoms with Gasteiger partial charge >= 0.3 is 5.69 Å². The van der Waals surface area contributed by atoms with E-state index in [1.807, 2.05) is 0 Å². The Labute approximate surface area is 127 Å². The van der Waals surface area contributed by atoms with Gasteiger partial charge in [0.25, 0.3) is 0 Å². The number of hydrogen-bond acceptors (Lipinski definition) is 4. The van der Waals surface area contributed by atoms with E-state index in [1.165, 1.54) is 0 Å². The maximum absolute atomic E-state index is 12.0. The topological polar surface area (TPSA) is 101 Å². The Hall–Kier alpha value is -2.12. The Morgan fingerprint density at radius 2 is 2.18 bits per heavy atom. The zero-order chi connectivity index (χ0) is 15.5. The number of nitrogens with one attached hydrogen (secondary N) is 3. The molecule has 1 atom stereocenters. The molecule has 118 valence electrons. The number of likely N-dealkylation sites (tertiary alicyclic amines) is 1. The zero-order valence-corrected chi connectivity index (χ0v) is 12.3. The highest BCUT2D eigenvalue weighted by Gasteiger charge is 2.23. The lowest BCUT2D eigenvalue weighted by molar-refractivity contribution is -0.116. The summed E-state index contributed by atoms with van der Waals surface area (Å²) in [4.78, 5) is 30.7. The zero-order valence-electron chi connectivity index (χ0n) is 12.3. The fraction of sp³-hybridized carbons (Fsp3) is 0.467. The minimum Gasteiger partial charge on any atom is -0.395 e. The van der Waals surface area contributed by atoms with Crippen LogP contribution >= 0.6 is 0 Å². The fourth-order valence-electron chi connectivity index (χ4n) is 2.98. The van der Waals surface area contributed by atoms with E-state index in [1.54, 1.807) is 18.2 Å². The standard InChI is InChI=1S/C15H20N4O3/c20-9-11-2-1-6-19(11)7-5-14(21)16-10-3-4-12-13(8-10)18-15(22)17-12/h3-4,8,11,20H,1-2,5-7,9H2,(H,16,21)(H2,17,18,22)/t11-/m1/s1. The Bertz CT molecular complexity index is 721. The van der Waals surface area contributed by atoms with Crippen molar-refractivity contribution in [2.24, 2.45) is 0 Å². The average molecular weight is 304 g/mol. The van der Waals surface area contributed by atoms with Gasteiger partial charge in [0.2, 0.25) is 5.91 Å². The number of aromatic nitrogens is 2. The number of anilines is 1. The van der Waals surface area contributed by atoms with Gasteiger partial charge in [-0.2, -0.15) is 0 Å². The van der Waals surface area contributed by atoms with Crippen LogP contribution in [0.4, 0.5) is 5.69 Å². The van der Waals surface area contributed by atoms with Crippen LogP contribution in [0.2, 0.25) is 0 Å². The number of hydrogen-bond donors (Lipinski definition) is 4. The highest BCUT2D eigenvalue weighted by Crippen LogP contribution is 2.17. The minimum absolute atomic E-state index is 0.0687. The van der Waals surface area contributed by atoms with E-state index >= 15 is 0 Å². The first-order valence-corrected chi connectivity index (χ1v) is 7.52. The molecule has 4 N–H and O–H groups in total. The van der Waals surface area contributed by atoms with Crippen molar-refractivity contribution < 1.29 is 9.90 Å². The van der Waals surface area contributed by atoms with Gasteiger partial charge in [0, 0.05) is 24.7 Å². The molecule has 7 nitrogen and oxygen atoms in total. The summed E-state index contributed by atoms with van der Waals surface area (Å²) in [6.07, 6.45) is 2.46. The van der Waals surface area contributed by atoms with Crippen molar-refractivity contribution in [3.05, 3.63) is 28.7 Å². The summed E-state index contributed by atoms with van der Waals surface area (Å²) < 4.78 is 0. The first-order chi connectivity index (χ1) is 10.7. The van der Waals surface area contributed by atoms with Gasteiger partial charge in [0.15, 0.2) is 0 Å². The summed E-state index contributed by atoms with van der Waals surface area (Å²) in [6, 6.07) is 5.44. The molecule has 7 heteroatoms. The van der Waals surface area contributed by atoms with Crippen LogP contribution in [0.15, 0.2) is 23.0 Å². The van der Waals surface area contributed by atoms with Gasteiger partial charge in [-0.05, 0) is 37.6 Å². The molecule has 1 saturated heterocycles. The molecule has 2 heterocycles. The Morgan fingerprint density at radius 3 is 3.00 bits per heavy atom. The second-order valence-electron chi connectivity index (χ2n) is 5.65. The van der Waals surface area contributed by atoms with Crippen LogP contribution in [-0.2, 0) is 4.79 Å². The lowest BCUT2D eigenvalue weighted by Gasteiger charge is -2.22. The largest absolute Gasteiger partial charge is 0.395 e. The normalized spacial score (nSPS) is 18.9. The van der Waals surface area contributed by atoms with Crippen LogP contribution in [0, 0.1) is 0 Å². The monoisotopic (exact) mass is 304 g/mol. The second kappa shape index (κ2) is 6.33. The summed E-state index contributed by atoms with van der Waals surface area (Å²) >= 11 is 0. The van der Waals surface area contributed by atoms with Crippen molar-refractivity contribution in [1.29, 1.82) is 0 Å². The van der Waals surface area contributed by atoms with Gasteiger partial charge in [-0.3, -0.25) is 9.69 Å². The minimum atomic E-state index is -0.262. The van der Waals surface area contributed by atoms with E-state index in [-0.39, 0.29) is 24.2 Å². The molecule has 1 aromatic heterocycles. The van der Waals surface area contributed by atoms with Crippen LogP contribution in [-0.4, -0.2) is 51.6 Å². The number of carbonyl (C=O) groups excluding carboxylic acids is 1. The molecule has 2 aromatic rings. The van der Waals surface area contributed by atoms with Crippen LogP contribution < -0.4 is 11.0 Å². The third-order valence-electron chi connectivity index (χ3n) is 4.14. The third-order valence-corrected chi connectivity index (χ3v) is 4.14. The summed E-state index contributed by atoms with van der Waals surface area (Å²) in [5.41, 5.74) is 1.78. The van der Waals surface area contributed by atoms with Crippen LogP contribution in [0.1, 0.15) is 19.3 Å². The maximum atomic E-state index is 12.0. The molecular weight excluding hydrogens is 284 g/mol. The molecule has 22 heavy (non-hydrogen) atoms. The third kappa shape index (κ3) is 3.20. The number of rotatable bonds is 5. The van der Waals surface area contributed by atoms with Gasteiger partial charge in [-0.25, -0.2) is 4.79 Å². The maximum Gasteiger partial charge on any atom is 0.323 e. The van der Waals surface area contributed by atoms with Crippen molar-refractivity contribution in [2.75, 3.05) is 25.0 Å². The highest BCUT2D eigenvalue weighted by atomic mass is 16.3. The van der Waals surface area contributed by atoms with Crippen molar-refractivity contribution in [3.8, 4) is 0 Å². The van der Waals surface area contributed by atoms with Gasteiger partial charge in [0.05, 0.1) is 17.6 Å². The average Bonchev–Trinajstić information content (AvgIpc) is 3.09. The van der Waals surface area contributed by atoms with E-state index in [2.05, 4.69) is 20.2 Å². The number of carbonyl (C=O) groups is 1. The number of aliphatic hydroxyl groups is 1.